The predicted molar refractivity (Wildman–Crippen MR) is 110 cm³/mol. The number of hydrogen-bond acceptors (Lipinski definition) is 4. The van der Waals surface area contributed by atoms with Gasteiger partial charge in [-0.05, 0) is 28.8 Å². The molecule has 5 rings (SSSR count). The summed E-state index contributed by atoms with van der Waals surface area (Å²) >= 11 is 0. The van der Waals surface area contributed by atoms with E-state index in [9.17, 15) is 0 Å². The molecule has 0 aromatic heterocycles. The lowest BCUT2D eigenvalue weighted by molar-refractivity contribution is 0.351. The maximum atomic E-state index is 5.52. The fourth-order valence-corrected chi connectivity index (χ4v) is 4.24. The van der Waals surface area contributed by atoms with Gasteiger partial charge in [0.25, 0.3) is 0 Å². The summed E-state index contributed by atoms with van der Waals surface area (Å²) in [6.07, 6.45) is -0.0229. The summed E-state index contributed by atoms with van der Waals surface area (Å²) in [5.74, 6) is 1.47. The van der Waals surface area contributed by atoms with Crippen LogP contribution in [0.25, 0.3) is 0 Å². The van der Waals surface area contributed by atoms with Crippen LogP contribution in [0.3, 0.4) is 0 Å². The van der Waals surface area contributed by atoms with Gasteiger partial charge in [-0.3, -0.25) is 9.89 Å². The normalized spacial score (nSPS) is 25.0. The topological polar surface area (TPSA) is 33.8 Å². The fraction of sp³-hybridized carbons (Fsp3) is 0.208. The standard InChI is InChI=1S/C24H22N2O2/c1-27-19-14-13-18(15-20(19)28-2)24-25-21(16-9-5-3-6-10-16)23-22(26(23)24)17-11-7-4-8-12-17/h3-15,22-24H,1-2H3/t22-,23+,24-,26?/m1/s1. The molecule has 2 heterocycles. The molecule has 0 aliphatic carbocycles. The molecule has 1 unspecified atom stereocenters. The Bertz CT molecular complexity index is 1020. The van der Waals surface area contributed by atoms with Gasteiger partial charge in [-0.15, -0.1) is 0 Å². The highest BCUT2D eigenvalue weighted by Gasteiger charge is 2.59. The Kier molecular flexibility index (Phi) is 4.14. The Hall–Kier alpha value is -3.11. The van der Waals surface area contributed by atoms with Gasteiger partial charge < -0.3 is 9.47 Å². The first-order chi connectivity index (χ1) is 13.8. The molecule has 4 heteroatoms. The molecule has 0 radical (unpaired) electrons. The van der Waals surface area contributed by atoms with Crippen LogP contribution in [0.2, 0.25) is 0 Å². The van der Waals surface area contributed by atoms with Gasteiger partial charge in [0.15, 0.2) is 11.5 Å². The van der Waals surface area contributed by atoms with Crippen molar-refractivity contribution in [2.75, 3.05) is 14.2 Å². The summed E-state index contributed by atoms with van der Waals surface area (Å²) in [5.41, 5.74) is 4.81. The van der Waals surface area contributed by atoms with Gasteiger partial charge in [0.2, 0.25) is 0 Å². The van der Waals surface area contributed by atoms with Crippen molar-refractivity contribution in [1.82, 2.24) is 4.90 Å². The molecule has 3 aromatic rings. The lowest BCUT2D eigenvalue weighted by Crippen LogP contribution is -2.08. The number of aliphatic imine (C=N–C) groups is 1. The molecule has 0 spiro atoms. The van der Waals surface area contributed by atoms with E-state index >= 15 is 0 Å². The van der Waals surface area contributed by atoms with Crippen LogP contribution in [-0.4, -0.2) is 30.9 Å². The van der Waals surface area contributed by atoms with Crippen LogP contribution >= 0.6 is 0 Å². The highest BCUT2D eigenvalue weighted by atomic mass is 16.5. The first-order valence-electron chi connectivity index (χ1n) is 9.49. The molecule has 4 nitrogen and oxygen atoms in total. The largest absolute Gasteiger partial charge is 0.493 e. The van der Waals surface area contributed by atoms with Gasteiger partial charge in [0.1, 0.15) is 6.17 Å². The zero-order valence-electron chi connectivity index (χ0n) is 15.9. The molecule has 0 saturated carbocycles. The Labute approximate surface area is 165 Å². The Morgan fingerprint density at radius 3 is 2.07 bits per heavy atom. The third-order valence-electron chi connectivity index (χ3n) is 5.59. The molecule has 1 saturated heterocycles. The Morgan fingerprint density at radius 2 is 1.39 bits per heavy atom. The molecule has 4 atom stereocenters. The van der Waals surface area contributed by atoms with E-state index in [1.165, 1.54) is 11.1 Å². The number of ether oxygens (including phenoxy) is 2. The molecule has 0 bridgehead atoms. The van der Waals surface area contributed by atoms with Crippen molar-refractivity contribution in [2.24, 2.45) is 4.99 Å². The third-order valence-corrected chi connectivity index (χ3v) is 5.59. The van der Waals surface area contributed by atoms with Crippen LogP contribution in [-0.2, 0) is 0 Å². The van der Waals surface area contributed by atoms with E-state index in [1.54, 1.807) is 14.2 Å². The van der Waals surface area contributed by atoms with Crippen LogP contribution in [0, 0.1) is 0 Å². The average molecular weight is 370 g/mol. The summed E-state index contributed by atoms with van der Waals surface area (Å²) in [7, 11) is 3.33. The number of methoxy groups -OCH3 is 2. The number of hydrogen-bond donors (Lipinski definition) is 0. The van der Waals surface area contributed by atoms with Gasteiger partial charge >= 0.3 is 0 Å². The van der Waals surface area contributed by atoms with Crippen LogP contribution < -0.4 is 9.47 Å². The SMILES string of the molecule is COc1ccc([C@@H]2N=C(c3ccccc3)[C@H]3[C@@H](c4ccccc4)N23)cc1OC. The van der Waals surface area contributed by atoms with Crippen molar-refractivity contribution in [3.8, 4) is 11.5 Å². The summed E-state index contributed by atoms with van der Waals surface area (Å²) < 4.78 is 10.9. The second kappa shape index (κ2) is 6.80. The second-order valence-corrected chi connectivity index (χ2v) is 7.12. The van der Waals surface area contributed by atoms with E-state index in [1.807, 2.05) is 18.2 Å². The molecule has 140 valence electrons. The van der Waals surface area contributed by atoms with Gasteiger partial charge in [-0.2, -0.15) is 0 Å². The number of benzene rings is 3. The van der Waals surface area contributed by atoms with Crippen LogP contribution in [0.1, 0.15) is 28.9 Å². The van der Waals surface area contributed by atoms with Crippen molar-refractivity contribution in [1.29, 1.82) is 0 Å². The molecule has 2 aliphatic rings. The summed E-state index contributed by atoms with van der Waals surface area (Å²) in [5, 5.41) is 0. The molecule has 3 aromatic carbocycles. The van der Waals surface area contributed by atoms with Gasteiger partial charge in [0.05, 0.1) is 32.0 Å². The summed E-state index contributed by atoms with van der Waals surface area (Å²) in [4.78, 5) is 7.58. The maximum Gasteiger partial charge on any atom is 0.161 e. The van der Waals surface area contributed by atoms with Crippen molar-refractivity contribution in [3.63, 3.8) is 0 Å². The van der Waals surface area contributed by atoms with Crippen molar-refractivity contribution in [3.05, 3.63) is 95.6 Å². The highest BCUT2D eigenvalue weighted by molar-refractivity contribution is 6.08. The molecular formula is C24H22N2O2. The summed E-state index contributed by atoms with van der Waals surface area (Å²) in [6.45, 7) is 0. The lowest BCUT2D eigenvalue weighted by Gasteiger charge is -2.16. The monoisotopic (exact) mass is 370 g/mol. The first kappa shape index (κ1) is 17.0. The zero-order chi connectivity index (χ0) is 19.1. The van der Waals surface area contributed by atoms with Gasteiger partial charge in [-0.1, -0.05) is 66.7 Å². The first-order valence-corrected chi connectivity index (χ1v) is 9.49. The molecule has 1 fully saturated rings. The van der Waals surface area contributed by atoms with Crippen molar-refractivity contribution < 1.29 is 9.47 Å². The van der Waals surface area contributed by atoms with E-state index in [4.69, 9.17) is 14.5 Å². The molecule has 0 N–H and O–H groups in total. The predicted octanol–water partition coefficient (Wildman–Crippen LogP) is 4.63. The minimum Gasteiger partial charge on any atom is -0.493 e. The number of fused-ring (bicyclic) bond motifs is 1. The second-order valence-electron chi connectivity index (χ2n) is 7.12. The van der Waals surface area contributed by atoms with Crippen molar-refractivity contribution >= 4 is 5.71 Å². The van der Waals surface area contributed by atoms with Gasteiger partial charge in [0, 0.05) is 0 Å². The fourth-order valence-electron chi connectivity index (χ4n) is 4.24. The molecular weight excluding hydrogens is 348 g/mol. The number of nitrogens with zero attached hydrogens (tertiary/aromatic N) is 2. The van der Waals surface area contributed by atoms with Crippen LogP contribution in [0.5, 0.6) is 11.5 Å². The van der Waals surface area contributed by atoms with E-state index in [-0.39, 0.29) is 6.17 Å². The maximum absolute atomic E-state index is 5.52. The molecule has 28 heavy (non-hydrogen) atoms. The van der Waals surface area contributed by atoms with E-state index in [0.717, 1.165) is 22.8 Å². The van der Waals surface area contributed by atoms with E-state index < -0.39 is 0 Å². The van der Waals surface area contributed by atoms with Crippen LogP contribution in [0.4, 0.5) is 0 Å². The van der Waals surface area contributed by atoms with E-state index in [2.05, 4.69) is 65.6 Å². The highest BCUT2D eigenvalue weighted by Crippen LogP contribution is 2.56. The average Bonchev–Trinajstić information content (AvgIpc) is 3.38. The van der Waals surface area contributed by atoms with Crippen LogP contribution in [0.15, 0.2) is 83.9 Å². The minimum absolute atomic E-state index is 0.0229. The van der Waals surface area contributed by atoms with Crippen molar-refractivity contribution in [2.45, 2.75) is 18.2 Å². The van der Waals surface area contributed by atoms with Gasteiger partial charge in [-0.25, -0.2) is 0 Å². The summed E-state index contributed by atoms with van der Waals surface area (Å²) in [6, 6.07) is 27.9. The Balaban J connectivity index is 1.57. The van der Waals surface area contributed by atoms with E-state index in [0.29, 0.717) is 12.1 Å². The minimum atomic E-state index is -0.0229. The smallest absolute Gasteiger partial charge is 0.161 e. The Morgan fingerprint density at radius 1 is 0.714 bits per heavy atom. The quantitative estimate of drug-likeness (QED) is 0.614. The molecule has 0 amide bonds. The lowest BCUT2D eigenvalue weighted by atomic mass is 10.0. The molecule has 2 aliphatic heterocycles. The third kappa shape index (κ3) is 2.69. The zero-order valence-corrected chi connectivity index (χ0v) is 15.9. The number of rotatable bonds is 5.